The molecular weight excluding hydrogens is 148 g/mol. The van der Waals surface area contributed by atoms with Crippen LogP contribution in [-0.2, 0) is 0 Å². The fraction of sp³-hybridized carbons (Fsp3) is 0.500. The smallest absolute Gasteiger partial charge is 0.196 e. The average molecular weight is 159 g/mol. The Morgan fingerprint density at radius 2 is 2.40 bits per heavy atom. The molecule has 2 heteroatoms. The standard InChI is InChI=1S/C8H11ClO/c1-3-6(2)7-4-5-10-8(7)9/h4-6H,3H2,1-2H3. The van der Waals surface area contributed by atoms with Crippen LogP contribution in [0.1, 0.15) is 31.7 Å². The van der Waals surface area contributed by atoms with Gasteiger partial charge >= 0.3 is 0 Å². The Morgan fingerprint density at radius 1 is 1.70 bits per heavy atom. The maximum atomic E-state index is 5.75. The molecule has 0 amide bonds. The van der Waals surface area contributed by atoms with Crippen molar-refractivity contribution in [3.63, 3.8) is 0 Å². The molecule has 0 bridgehead atoms. The van der Waals surface area contributed by atoms with E-state index in [0.29, 0.717) is 11.1 Å². The first-order valence-electron chi connectivity index (χ1n) is 3.48. The molecule has 0 N–H and O–H groups in total. The second-order valence-electron chi connectivity index (χ2n) is 2.46. The highest BCUT2D eigenvalue weighted by atomic mass is 35.5. The predicted octanol–water partition coefficient (Wildman–Crippen LogP) is 3.45. The van der Waals surface area contributed by atoms with Gasteiger partial charge in [-0.3, -0.25) is 0 Å². The number of hydrogen-bond acceptors (Lipinski definition) is 1. The minimum atomic E-state index is 0.506. The van der Waals surface area contributed by atoms with E-state index in [0.717, 1.165) is 12.0 Å². The molecule has 0 aromatic carbocycles. The summed E-state index contributed by atoms with van der Waals surface area (Å²) in [6.45, 7) is 4.27. The topological polar surface area (TPSA) is 13.1 Å². The molecule has 1 nitrogen and oxygen atoms in total. The van der Waals surface area contributed by atoms with Gasteiger partial charge in [0.25, 0.3) is 0 Å². The molecule has 0 saturated heterocycles. The van der Waals surface area contributed by atoms with Crippen molar-refractivity contribution < 1.29 is 4.42 Å². The van der Waals surface area contributed by atoms with Gasteiger partial charge in [-0.1, -0.05) is 13.8 Å². The van der Waals surface area contributed by atoms with E-state index in [9.17, 15) is 0 Å². The van der Waals surface area contributed by atoms with Crippen LogP contribution in [0.25, 0.3) is 0 Å². The molecule has 0 aliphatic rings. The summed E-state index contributed by atoms with van der Waals surface area (Å²) < 4.78 is 4.95. The van der Waals surface area contributed by atoms with Crippen molar-refractivity contribution in [2.75, 3.05) is 0 Å². The molecule has 10 heavy (non-hydrogen) atoms. The van der Waals surface area contributed by atoms with Gasteiger partial charge in [0, 0.05) is 5.56 Å². The predicted molar refractivity (Wildman–Crippen MR) is 42.4 cm³/mol. The second-order valence-corrected chi connectivity index (χ2v) is 2.80. The van der Waals surface area contributed by atoms with Gasteiger partial charge in [0.1, 0.15) is 0 Å². The van der Waals surface area contributed by atoms with E-state index >= 15 is 0 Å². The molecule has 1 unspecified atom stereocenters. The molecular formula is C8H11ClO. The van der Waals surface area contributed by atoms with Gasteiger partial charge < -0.3 is 4.42 Å². The molecule has 0 aliphatic heterocycles. The van der Waals surface area contributed by atoms with Crippen LogP contribution >= 0.6 is 11.6 Å². The van der Waals surface area contributed by atoms with Crippen LogP contribution in [0.2, 0.25) is 5.22 Å². The van der Waals surface area contributed by atoms with E-state index in [4.69, 9.17) is 16.0 Å². The lowest BCUT2D eigenvalue weighted by Crippen LogP contribution is -1.87. The Morgan fingerprint density at radius 3 is 2.80 bits per heavy atom. The minimum Gasteiger partial charge on any atom is -0.453 e. The Hall–Kier alpha value is -0.430. The van der Waals surface area contributed by atoms with E-state index in [1.54, 1.807) is 6.26 Å². The first kappa shape index (κ1) is 7.67. The van der Waals surface area contributed by atoms with Crippen molar-refractivity contribution in [1.29, 1.82) is 0 Å². The molecule has 0 fully saturated rings. The van der Waals surface area contributed by atoms with Crippen molar-refractivity contribution in [2.45, 2.75) is 26.2 Å². The van der Waals surface area contributed by atoms with Crippen molar-refractivity contribution in [3.8, 4) is 0 Å². The van der Waals surface area contributed by atoms with Crippen LogP contribution in [0.5, 0.6) is 0 Å². The molecule has 1 aromatic rings. The zero-order valence-corrected chi connectivity index (χ0v) is 6.98. The highest BCUT2D eigenvalue weighted by Crippen LogP contribution is 2.26. The van der Waals surface area contributed by atoms with E-state index in [-0.39, 0.29) is 0 Å². The summed E-state index contributed by atoms with van der Waals surface area (Å²) in [4.78, 5) is 0. The van der Waals surface area contributed by atoms with Crippen LogP contribution in [0.3, 0.4) is 0 Å². The summed E-state index contributed by atoms with van der Waals surface area (Å²) in [6.07, 6.45) is 2.73. The highest BCUT2D eigenvalue weighted by molar-refractivity contribution is 6.29. The van der Waals surface area contributed by atoms with Gasteiger partial charge in [-0.05, 0) is 30.0 Å². The zero-order chi connectivity index (χ0) is 7.56. The second kappa shape index (κ2) is 3.11. The summed E-state index contributed by atoms with van der Waals surface area (Å²) in [6, 6.07) is 1.93. The Kier molecular flexibility index (Phi) is 2.39. The van der Waals surface area contributed by atoms with Crippen molar-refractivity contribution in [3.05, 3.63) is 23.1 Å². The van der Waals surface area contributed by atoms with Gasteiger partial charge in [0.05, 0.1) is 6.26 Å². The van der Waals surface area contributed by atoms with Gasteiger partial charge in [0.15, 0.2) is 5.22 Å². The lowest BCUT2D eigenvalue weighted by molar-refractivity contribution is 0.561. The lowest BCUT2D eigenvalue weighted by Gasteiger charge is -2.03. The van der Waals surface area contributed by atoms with Crippen molar-refractivity contribution in [1.82, 2.24) is 0 Å². The molecule has 1 heterocycles. The lowest BCUT2D eigenvalue weighted by atomic mass is 10.0. The van der Waals surface area contributed by atoms with E-state index < -0.39 is 0 Å². The first-order chi connectivity index (χ1) is 4.75. The maximum absolute atomic E-state index is 5.75. The summed E-state index contributed by atoms with van der Waals surface area (Å²) in [5.41, 5.74) is 1.11. The molecule has 1 aromatic heterocycles. The average Bonchev–Trinajstić information content (AvgIpc) is 2.34. The third-order valence-corrected chi connectivity index (χ3v) is 2.10. The quantitative estimate of drug-likeness (QED) is 0.643. The number of rotatable bonds is 2. The SMILES string of the molecule is CCC(C)c1ccoc1Cl. The van der Waals surface area contributed by atoms with Gasteiger partial charge in [-0.25, -0.2) is 0 Å². The van der Waals surface area contributed by atoms with Crippen LogP contribution in [-0.4, -0.2) is 0 Å². The van der Waals surface area contributed by atoms with Gasteiger partial charge in [-0.2, -0.15) is 0 Å². The summed E-state index contributed by atoms with van der Waals surface area (Å²) >= 11 is 5.75. The van der Waals surface area contributed by atoms with Crippen molar-refractivity contribution in [2.24, 2.45) is 0 Å². The normalized spacial score (nSPS) is 13.5. The van der Waals surface area contributed by atoms with Crippen LogP contribution < -0.4 is 0 Å². The third-order valence-electron chi connectivity index (χ3n) is 1.79. The summed E-state index contributed by atoms with van der Waals surface area (Å²) in [5, 5.41) is 0.536. The fourth-order valence-corrected chi connectivity index (χ4v) is 1.18. The third kappa shape index (κ3) is 1.35. The van der Waals surface area contributed by atoms with Gasteiger partial charge in [-0.15, -0.1) is 0 Å². The number of furan rings is 1. The van der Waals surface area contributed by atoms with Crippen LogP contribution in [0.15, 0.2) is 16.7 Å². The molecule has 0 aliphatic carbocycles. The van der Waals surface area contributed by atoms with Crippen LogP contribution in [0, 0.1) is 0 Å². The monoisotopic (exact) mass is 158 g/mol. The maximum Gasteiger partial charge on any atom is 0.196 e. The fourth-order valence-electron chi connectivity index (χ4n) is 0.879. The molecule has 56 valence electrons. The number of halogens is 1. The molecule has 1 atom stereocenters. The number of hydrogen-bond donors (Lipinski definition) is 0. The highest BCUT2D eigenvalue weighted by Gasteiger charge is 2.08. The van der Waals surface area contributed by atoms with Gasteiger partial charge in [0.2, 0.25) is 0 Å². The zero-order valence-electron chi connectivity index (χ0n) is 6.23. The first-order valence-corrected chi connectivity index (χ1v) is 3.86. The summed E-state index contributed by atoms with van der Waals surface area (Å²) in [7, 11) is 0. The Balaban J connectivity index is 2.82. The largest absolute Gasteiger partial charge is 0.453 e. The van der Waals surface area contributed by atoms with Crippen LogP contribution in [0.4, 0.5) is 0 Å². The van der Waals surface area contributed by atoms with E-state index in [1.165, 1.54) is 0 Å². The Bertz CT molecular complexity index is 205. The van der Waals surface area contributed by atoms with Crippen molar-refractivity contribution >= 4 is 11.6 Å². The molecule has 1 rings (SSSR count). The Labute approximate surface area is 66.0 Å². The van der Waals surface area contributed by atoms with E-state index in [1.807, 2.05) is 6.07 Å². The minimum absolute atomic E-state index is 0.506. The molecule has 0 radical (unpaired) electrons. The van der Waals surface area contributed by atoms with E-state index in [2.05, 4.69) is 13.8 Å². The molecule has 0 saturated carbocycles. The summed E-state index contributed by atoms with van der Waals surface area (Å²) in [5.74, 6) is 0.506. The molecule has 0 spiro atoms.